The standard InChI is InChI=1S/C61H66N12O14S2/c1-5-23-63-58(82)65-39-14-10-16-41(27-39)89(84,85)71-40-15-9-13-35(26-40)45(30-50(75)76)68-59(83)64-37-19-21-38(22-20-37)66-60(88)69-46(29-49(62)74)55(79)72-24-11-18-47(72)53(77)70-51(33(3)4)56(80)87-61(6-2)43-28-48-52-36(25-34-12-7-8-17-44(34)67-52)31-73(48)54(78)42(43)32-86-57(61)81/h7-10,12-17,19-22,25-28,33,45-47,51,71H,5-6,11,18,23-24,29-32H2,1-4H3,(H2,62,74)(H,70,77)(H,75,76)(H2,63,65,82)(H2,64,68,83)(H2,66,69,88)/p-1/t45?,46?,47-,51-,61-/m0/s1. The maximum atomic E-state index is 14.4. The van der Waals surface area contributed by atoms with E-state index in [9.17, 15) is 56.7 Å². The first kappa shape index (κ1) is 63.5. The highest BCUT2D eigenvalue weighted by Crippen LogP contribution is 2.41. The molecule has 9 rings (SSSR count). The lowest BCUT2D eigenvalue weighted by molar-refractivity contribution is -0.306. The Balaban J connectivity index is 0.813. The van der Waals surface area contributed by atoms with Gasteiger partial charge in [-0.15, -0.1) is 0 Å². The van der Waals surface area contributed by atoms with E-state index in [0.717, 1.165) is 10.9 Å². The highest BCUT2D eigenvalue weighted by molar-refractivity contribution is 7.92. The lowest BCUT2D eigenvalue weighted by Crippen LogP contribution is -2.58. The molecule has 3 aliphatic heterocycles. The van der Waals surface area contributed by atoms with Gasteiger partial charge in [-0.3, -0.25) is 23.9 Å². The number of esters is 2. The van der Waals surface area contributed by atoms with E-state index < -0.39 is 112 Å². The van der Waals surface area contributed by atoms with Crippen molar-refractivity contribution in [2.75, 3.05) is 33.8 Å². The quantitative estimate of drug-likeness (QED) is 0.0337. The number of urea groups is 2. The number of ether oxygens (including phenoxy) is 2. The Bertz CT molecular complexity index is 3990. The van der Waals surface area contributed by atoms with Crippen LogP contribution in [0.2, 0.25) is 0 Å². The van der Waals surface area contributed by atoms with Crippen molar-refractivity contribution < 1.29 is 61.4 Å². The molecule has 0 saturated carbocycles. The number of carboxylic acid groups (broad SMARTS) is 1. The van der Waals surface area contributed by atoms with Gasteiger partial charge in [0.15, 0.2) is 5.11 Å². The lowest BCUT2D eigenvalue weighted by atomic mass is 9.85. The normalized spacial score (nSPS) is 16.7. The third-order valence-corrected chi connectivity index (χ3v) is 16.9. The number of carbonyl (C=O) groups excluding carboxylic acids is 8. The number of aliphatic carboxylic acids is 1. The number of primary amides is 1. The average molecular weight is 1250 g/mol. The number of para-hydroxylation sites is 1. The van der Waals surface area contributed by atoms with E-state index in [4.69, 9.17) is 32.4 Å². The second-order valence-corrected chi connectivity index (χ2v) is 24.0. The fraction of sp³-hybridized carbons (Fsp3) is 0.328. The maximum absolute atomic E-state index is 14.4. The Labute approximate surface area is 516 Å². The minimum absolute atomic E-state index is 0.0427. The number of cyclic esters (lactones) is 1. The molecule has 1 saturated heterocycles. The molecule has 0 spiro atoms. The molecule has 2 unspecified atom stereocenters. The number of fused-ring (bicyclic) bond motifs is 5. The summed E-state index contributed by atoms with van der Waals surface area (Å²) in [4.78, 5) is 127. The van der Waals surface area contributed by atoms with Crippen molar-refractivity contribution in [2.45, 2.75) is 114 Å². The van der Waals surface area contributed by atoms with E-state index in [1.54, 1.807) is 31.4 Å². The number of rotatable bonds is 22. The molecule has 2 aromatic heterocycles. The highest BCUT2D eigenvalue weighted by Gasteiger charge is 2.52. The van der Waals surface area contributed by atoms with E-state index in [1.807, 2.05) is 37.3 Å². The number of likely N-dealkylation sites (tertiary alicyclic amines) is 1. The largest absolute Gasteiger partial charge is 0.550 e. The average Bonchev–Trinajstić information content (AvgIpc) is 1.81. The number of carbonyl (C=O) groups is 8. The van der Waals surface area contributed by atoms with Gasteiger partial charge in [-0.05, 0) is 122 Å². The van der Waals surface area contributed by atoms with Crippen molar-refractivity contribution in [3.63, 3.8) is 0 Å². The molecule has 89 heavy (non-hydrogen) atoms. The van der Waals surface area contributed by atoms with Gasteiger partial charge >= 0.3 is 24.0 Å². The summed E-state index contributed by atoms with van der Waals surface area (Å²) in [5.41, 5.74) is 6.95. The highest BCUT2D eigenvalue weighted by atomic mass is 32.2. The summed E-state index contributed by atoms with van der Waals surface area (Å²) < 4.78 is 42.5. The summed E-state index contributed by atoms with van der Waals surface area (Å²) in [6.45, 7) is 7.19. The molecule has 6 aromatic rings. The van der Waals surface area contributed by atoms with Gasteiger partial charge in [0.25, 0.3) is 15.6 Å². The van der Waals surface area contributed by atoms with Crippen molar-refractivity contribution in [2.24, 2.45) is 11.7 Å². The van der Waals surface area contributed by atoms with Gasteiger partial charge in [0.2, 0.25) is 23.3 Å². The second kappa shape index (κ2) is 27.0. The van der Waals surface area contributed by atoms with Crippen LogP contribution in [0.15, 0.2) is 119 Å². The van der Waals surface area contributed by atoms with Crippen LogP contribution in [0.25, 0.3) is 22.3 Å². The molecule has 4 aromatic carbocycles. The molecular weight excluding hydrogens is 1190 g/mol. The molecule has 0 bridgehead atoms. The number of amides is 7. The third kappa shape index (κ3) is 14.4. The van der Waals surface area contributed by atoms with E-state index in [1.165, 1.54) is 77.7 Å². The van der Waals surface area contributed by atoms with E-state index >= 15 is 0 Å². The van der Waals surface area contributed by atoms with Crippen LogP contribution in [0, 0.1) is 5.92 Å². The molecule has 1 fully saturated rings. The Morgan fingerprint density at radius 2 is 1.54 bits per heavy atom. The van der Waals surface area contributed by atoms with Crippen molar-refractivity contribution in [3.8, 4) is 11.4 Å². The SMILES string of the molecule is CCCNC(=O)Nc1cccc(S(=O)(=O)Nc2cccc(C(CC(=O)[O-])NC(=O)Nc3ccc(NC(=S)NC(CC(N)=O)C(=O)N4CCC[C@H]4C(=O)N[C@H](C(=O)O[C@]4(CC)C(=O)OCc5c4cc4n(c5=O)Cc5cc6ccccc6nc5-4)C(C)C)cc3)c2)c1. The number of sulfonamides is 1. The molecule has 10 N–H and O–H groups in total. The molecule has 3 aliphatic rings. The van der Waals surface area contributed by atoms with Crippen molar-refractivity contribution >= 4 is 109 Å². The van der Waals surface area contributed by atoms with Gasteiger partial charge in [0.1, 0.15) is 24.7 Å². The number of benzene rings is 4. The first-order valence-corrected chi connectivity index (χ1v) is 30.5. The molecule has 7 amide bonds. The lowest BCUT2D eigenvalue weighted by Gasteiger charge is -2.37. The van der Waals surface area contributed by atoms with Crippen LogP contribution < -0.4 is 58.3 Å². The zero-order valence-electron chi connectivity index (χ0n) is 48.8. The minimum Gasteiger partial charge on any atom is -0.550 e. The van der Waals surface area contributed by atoms with Gasteiger partial charge in [-0.2, -0.15) is 0 Å². The number of thiocarbonyl (C=S) groups is 1. The summed E-state index contributed by atoms with van der Waals surface area (Å²) >= 11 is 5.55. The van der Waals surface area contributed by atoms with Gasteiger partial charge in [0, 0.05) is 64.7 Å². The van der Waals surface area contributed by atoms with Crippen LogP contribution in [0.1, 0.15) is 94.5 Å². The first-order chi connectivity index (χ1) is 42.5. The van der Waals surface area contributed by atoms with Crippen LogP contribution in [0.4, 0.5) is 32.3 Å². The topological polar surface area (TPSA) is 373 Å². The number of anilines is 4. The van der Waals surface area contributed by atoms with Crippen molar-refractivity contribution in [1.29, 1.82) is 0 Å². The number of carboxylic acids is 1. The number of aromatic nitrogens is 2. The van der Waals surface area contributed by atoms with Gasteiger partial charge < -0.3 is 71.8 Å². The number of nitrogens with one attached hydrogen (secondary N) is 8. The molecule has 26 nitrogen and oxygen atoms in total. The van der Waals surface area contributed by atoms with Gasteiger partial charge in [0.05, 0.1) is 46.4 Å². The fourth-order valence-electron chi connectivity index (χ4n) is 10.9. The molecule has 0 radical (unpaired) electrons. The van der Waals surface area contributed by atoms with E-state index in [-0.39, 0.29) is 76.3 Å². The Kier molecular flexibility index (Phi) is 19.3. The Hall–Kier alpha value is -9.96. The summed E-state index contributed by atoms with van der Waals surface area (Å²) in [5, 5.41) is 31.5. The maximum Gasteiger partial charge on any atom is 0.355 e. The third-order valence-electron chi connectivity index (χ3n) is 15.3. The zero-order chi connectivity index (χ0) is 63.9. The molecular formula is C61H65N12O14S2-. The molecule has 5 atom stereocenters. The van der Waals surface area contributed by atoms with Crippen LogP contribution in [-0.4, -0.2) is 107 Å². The number of nitrogens with zero attached hydrogens (tertiary/aromatic N) is 3. The first-order valence-electron chi connectivity index (χ1n) is 28.7. The van der Waals surface area contributed by atoms with Gasteiger partial charge in [-0.1, -0.05) is 64.1 Å². The predicted molar refractivity (Wildman–Crippen MR) is 329 cm³/mol. The minimum atomic E-state index is -4.23. The molecule has 28 heteroatoms. The van der Waals surface area contributed by atoms with E-state index in [0.29, 0.717) is 42.0 Å². The predicted octanol–water partition coefficient (Wildman–Crippen LogP) is 4.33. The van der Waals surface area contributed by atoms with Crippen LogP contribution >= 0.6 is 12.2 Å². The Morgan fingerprint density at radius 1 is 0.831 bits per heavy atom. The Morgan fingerprint density at radius 3 is 2.25 bits per heavy atom. The smallest absolute Gasteiger partial charge is 0.355 e. The zero-order valence-corrected chi connectivity index (χ0v) is 50.4. The van der Waals surface area contributed by atoms with Gasteiger partial charge in [-0.25, -0.2) is 32.6 Å². The summed E-state index contributed by atoms with van der Waals surface area (Å²) in [6, 6.07) is 22.0. The van der Waals surface area contributed by atoms with Crippen LogP contribution in [-0.2, 0) is 67.0 Å². The van der Waals surface area contributed by atoms with Crippen LogP contribution in [0.3, 0.4) is 0 Å². The van der Waals surface area contributed by atoms with Crippen molar-refractivity contribution in [1.82, 2.24) is 35.7 Å². The summed E-state index contributed by atoms with van der Waals surface area (Å²) in [6.07, 6.45) is -0.124. The molecule has 5 heterocycles. The number of pyridine rings is 2. The number of hydrogen-bond acceptors (Lipinski definition) is 16. The number of nitrogens with two attached hydrogens (primary N) is 1. The molecule has 0 aliphatic carbocycles. The number of hydrogen-bond donors (Lipinski definition) is 9. The van der Waals surface area contributed by atoms with E-state index in [2.05, 4.69) is 41.9 Å². The fourth-order valence-corrected chi connectivity index (χ4v) is 12.2. The second-order valence-electron chi connectivity index (χ2n) is 21.9. The van der Waals surface area contributed by atoms with Crippen molar-refractivity contribution in [3.05, 3.63) is 142 Å². The monoisotopic (exact) mass is 1250 g/mol. The molecule has 466 valence electrons. The van der Waals surface area contributed by atoms with Crippen LogP contribution in [0.5, 0.6) is 0 Å². The summed E-state index contributed by atoms with van der Waals surface area (Å²) in [7, 11) is -4.23. The summed E-state index contributed by atoms with van der Waals surface area (Å²) in [5.74, 6) is -6.31.